The maximum Gasteiger partial charge on any atom is 0.174 e. The molecular formula is C10H10Cl2N4. The first-order chi connectivity index (χ1) is 7.49. The number of anilines is 1. The summed E-state index contributed by atoms with van der Waals surface area (Å²) in [6.07, 6.45) is 0. The van der Waals surface area contributed by atoms with Crippen molar-refractivity contribution >= 4 is 29.0 Å². The minimum atomic E-state index is 0.244. The van der Waals surface area contributed by atoms with Gasteiger partial charge in [-0.1, -0.05) is 23.2 Å². The Hall–Kier alpha value is -1.26. The molecule has 0 aliphatic rings. The SMILES string of the molecule is Cc1cc(C)n(-c2nc(N)c(Cl)cc2Cl)n1. The van der Waals surface area contributed by atoms with Crippen molar-refractivity contribution in [3.8, 4) is 5.82 Å². The zero-order valence-corrected chi connectivity index (χ0v) is 10.3. The van der Waals surface area contributed by atoms with Gasteiger partial charge in [-0.2, -0.15) is 5.10 Å². The summed E-state index contributed by atoms with van der Waals surface area (Å²) in [5, 5.41) is 5.05. The third-order valence-corrected chi connectivity index (χ3v) is 2.73. The predicted molar refractivity (Wildman–Crippen MR) is 65.3 cm³/mol. The Balaban J connectivity index is 2.64. The van der Waals surface area contributed by atoms with E-state index in [-0.39, 0.29) is 5.82 Å². The number of aromatic nitrogens is 3. The van der Waals surface area contributed by atoms with Crippen LogP contribution in [0.4, 0.5) is 5.82 Å². The average Bonchev–Trinajstić information content (AvgIpc) is 2.51. The second-order valence-electron chi connectivity index (χ2n) is 3.50. The van der Waals surface area contributed by atoms with Crippen LogP contribution < -0.4 is 5.73 Å². The summed E-state index contributed by atoms with van der Waals surface area (Å²) < 4.78 is 1.64. The van der Waals surface area contributed by atoms with Gasteiger partial charge in [0.1, 0.15) is 5.82 Å². The minimum absolute atomic E-state index is 0.244. The third-order valence-electron chi connectivity index (χ3n) is 2.15. The van der Waals surface area contributed by atoms with E-state index in [1.807, 2.05) is 19.9 Å². The molecule has 4 nitrogen and oxygen atoms in total. The maximum atomic E-state index is 6.05. The van der Waals surface area contributed by atoms with Crippen LogP contribution in [0.2, 0.25) is 10.0 Å². The highest BCUT2D eigenvalue weighted by molar-refractivity contribution is 6.36. The number of aryl methyl sites for hydroxylation is 2. The molecule has 0 aromatic carbocycles. The first kappa shape index (κ1) is 11.2. The molecule has 0 bridgehead atoms. The third kappa shape index (κ3) is 1.86. The Morgan fingerprint density at radius 2 is 1.88 bits per heavy atom. The zero-order valence-electron chi connectivity index (χ0n) is 8.83. The van der Waals surface area contributed by atoms with E-state index in [1.54, 1.807) is 10.7 Å². The Labute approximate surface area is 103 Å². The zero-order chi connectivity index (χ0) is 11.9. The van der Waals surface area contributed by atoms with E-state index in [1.165, 1.54) is 0 Å². The predicted octanol–water partition coefficient (Wildman–Crippen LogP) is 2.77. The van der Waals surface area contributed by atoms with Gasteiger partial charge in [-0.05, 0) is 26.0 Å². The summed E-state index contributed by atoms with van der Waals surface area (Å²) in [7, 11) is 0. The van der Waals surface area contributed by atoms with E-state index in [4.69, 9.17) is 28.9 Å². The van der Waals surface area contributed by atoms with Crippen LogP contribution in [0.5, 0.6) is 0 Å². The van der Waals surface area contributed by atoms with Crippen molar-refractivity contribution in [3.05, 3.63) is 33.6 Å². The monoisotopic (exact) mass is 256 g/mol. The molecule has 2 aromatic heterocycles. The molecule has 0 saturated carbocycles. The summed E-state index contributed by atoms with van der Waals surface area (Å²) >= 11 is 11.9. The van der Waals surface area contributed by atoms with Gasteiger partial charge in [0.15, 0.2) is 5.82 Å². The van der Waals surface area contributed by atoms with Crippen LogP contribution in [0.15, 0.2) is 12.1 Å². The van der Waals surface area contributed by atoms with Gasteiger partial charge in [-0.3, -0.25) is 0 Å². The quantitative estimate of drug-likeness (QED) is 0.854. The maximum absolute atomic E-state index is 6.05. The van der Waals surface area contributed by atoms with E-state index in [9.17, 15) is 0 Å². The van der Waals surface area contributed by atoms with Crippen molar-refractivity contribution in [1.29, 1.82) is 0 Å². The highest BCUT2D eigenvalue weighted by Gasteiger charge is 2.12. The van der Waals surface area contributed by atoms with Crippen LogP contribution in [0.25, 0.3) is 5.82 Å². The van der Waals surface area contributed by atoms with Crippen molar-refractivity contribution in [3.63, 3.8) is 0 Å². The van der Waals surface area contributed by atoms with Crippen LogP contribution in [-0.2, 0) is 0 Å². The van der Waals surface area contributed by atoms with E-state index in [0.717, 1.165) is 11.4 Å². The number of pyridine rings is 1. The van der Waals surface area contributed by atoms with E-state index < -0.39 is 0 Å². The van der Waals surface area contributed by atoms with E-state index >= 15 is 0 Å². The van der Waals surface area contributed by atoms with Gasteiger partial charge in [0.05, 0.1) is 15.7 Å². The average molecular weight is 257 g/mol. The fourth-order valence-corrected chi connectivity index (χ4v) is 1.90. The van der Waals surface area contributed by atoms with Gasteiger partial charge in [0.25, 0.3) is 0 Å². The van der Waals surface area contributed by atoms with E-state index in [0.29, 0.717) is 15.9 Å². The van der Waals surface area contributed by atoms with Gasteiger partial charge < -0.3 is 5.73 Å². The molecule has 6 heteroatoms. The molecule has 0 radical (unpaired) electrons. The van der Waals surface area contributed by atoms with Gasteiger partial charge in [-0.15, -0.1) is 0 Å². The lowest BCUT2D eigenvalue weighted by atomic mass is 10.4. The Morgan fingerprint density at radius 3 is 2.44 bits per heavy atom. The van der Waals surface area contributed by atoms with Crippen molar-refractivity contribution in [2.75, 3.05) is 5.73 Å². The number of rotatable bonds is 1. The smallest absolute Gasteiger partial charge is 0.174 e. The molecule has 16 heavy (non-hydrogen) atoms. The number of hydrogen-bond donors (Lipinski definition) is 1. The summed E-state index contributed by atoms with van der Waals surface area (Å²) in [5.74, 6) is 0.739. The topological polar surface area (TPSA) is 56.7 Å². The highest BCUT2D eigenvalue weighted by Crippen LogP contribution is 2.26. The number of nitrogen functional groups attached to an aromatic ring is 1. The largest absolute Gasteiger partial charge is 0.382 e. The standard InChI is InChI=1S/C10H10Cl2N4/c1-5-3-6(2)16(15-5)10-8(12)4-7(11)9(13)14-10/h3-4H,1-2H3,(H2,13,14). The lowest BCUT2D eigenvalue weighted by molar-refractivity contribution is 0.808. The van der Waals surface area contributed by atoms with Crippen molar-refractivity contribution < 1.29 is 0 Å². The van der Waals surface area contributed by atoms with Gasteiger partial charge in [0.2, 0.25) is 0 Å². The number of halogens is 2. The minimum Gasteiger partial charge on any atom is -0.382 e. The summed E-state index contributed by atoms with van der Waals surface area (Å²) in [6.45, 7) is 3.82. The van der Waals surface area contributed by atoms with Gasteiger partial charge in [0, 0.05) is 5.69 Å². The Morgan fingerprint density at radius 1 is 1.19 bits per heavy atom. The molecule has 0 atom stereocenters. The van der Waals surface area contributed by atoms with Crippen molar-refractivity contribution in [2.45, 2.75) is 13.8 Å². The second-order valence-corrected chi connectivity index (χ2v) is 4.31. The molecular weight excluding hydrogens is 247 g/mol. The molecule has 0 aliphatic carbocycles. The molecule has 2 rings (SSSR count). The van der Waals surface area contributed by atoms with E-state index in [2.05, 4.69) is 10.1 Å². The number of nitrogens with two attached hydrogens (primary N) is 1. The van der Waals surface area contributed by atoms with Crippen LogP contribution in [0.3, 0.4) is 0 Å². The first-order valence-electron chi connectivity index (χ1n) is 4.64. The van der Waals surface area contributed by atoms with Crippen LogP contribution in [0, 0.1) is 13.8 Å². The molecule has 84 valence electrons. The first-order valence-corrected chi connectivity index (χ1v) is 5.40. The Bertz CT molecular complexity index is 548. The molecule has 2 heterocycles. The van der Waals surface area contributed by atoms with Crippen molar-refractivity contribution in [1.82, 2.24) is 14.8 Å². The summed E-state index contributed by atoms with van der Waals surface area (Å²) in [4.78, 5) is 4.13. The van der Waals surface area contributed by atoms with Gasteiger partial charge in [-0.25, -0.2) is 9.67 Å². The summed E-state index contributed by atoms with van der Waals surface area (Å²) in [6, 6.07) is 3.50. The summed E-state index contributed by atoms with van der Waals surface area (Å²) in [5.41, 5.74) is 7.47. The van der Waals surface area contributed by atoms with Crippen molar-refractivity contribution in [2.24, 2.45) is 0 Å². The number of hydrogen-bond acceptors (Lipinski definition) is 3. The molecule has 0 saturated heterocycles. The molecule has 0 amide bonds. The fourth-order valence-electron chi connectivity index (χ4n) is 1.46. The molecule has 0 fully saturated rings. The normalized spacial score (nSPS) is 10.8. The second kappa shape index (κ2) is 3.96. The highest BCUT2D eigenvalue weighted by atomic mass is 35.5. The van der Waals surface area contributed by atoms with Gasteiger partial charge >= 0.3 is 0 Å². The molecule has 0 aliphatic heterocycles. The molecule has 0 spiro atoms. The Kier molecular flexibility index (Phi) is 2.78. The fraction of sp³-hybridized carbons (Fsp3) is 0.200. The molecule has 2 N–H and O–H groups in total. The molecule has 2 aromatic rings. The lowest BCUT2D eigenvalue weighted by Crippen LogP contribution is -2.05. The van der Waals surface area contributed by atoms with Crippen LogP contribution >= 0.6 is 23.2 Å². The molecule has 0 unspecified atom stereocenters. The van der Waals surface area contributed by atoms with Crippen LogP contribution in [-0.4, -0.2) is 14.8 Å². The van der Waals surface area contributed by atoms with Crippen LogP contribution in [0.1, 0.15) is 11.4 Å². The number of nitrogens with zero attached hydrogens (tertiary/aromatic N) is 3. The lowest BCUT2D eigenvalue weighted by Gasteiger charge is -2.07.